The average Bonchev–Trinajstić information content (AvgIpc) is 3.61. The van der Waals surface area contributed by atoms with Gasteiger partial charge in [0.2, 0.25) is 0 Å². The van der Waals surface area contributed by atoms with E-state index in [4.69, 9.17) is 14.5 Å². The van der Waals surface area contributed by atoms with Gasteiger partial charge in [-0.25, -0.2) is 9.37 Å². The van der Waals surface area contributed by atoms with Crippen LogP contribution in [-0.4, -0.2) is 56.4 Å². The lowest BCUT2D eigenvalue weighted by Crippen LogP contribution is -2.34. The van der Waals surface area contributed by atoms with E-state index < -0.39 is 5.82 Å². The highest BCUT2D eigenvalue weighted by Crippen LogP contribution is 2.34. The largest absolute Gasteiger partial charge is 0.497 e. The summed E-state index contributed by atoms with van der Waals surface area (Å²) in [7, 11) is 1.50. The molecule has 0 aliphatic carbocycles. The number of imidazole rings is 1. The first-order valence-corrected chi connectivity index (χ1v) is 13.2. The van der Waals surface area contributed by atoms with Crippen molar-refractivity contribution < 1.29 is 13.9 Å². The number of rotatable bonds is 6. The SMILES string of the molecule is COc1cc(F)cc(-c2nccc3[nH]c(-c4n[nH]c5ccc(-c6cncc(OC7CCNCC7)c6)cc45)nc23)c1. The number of aromatic nitrogens is 6. The van der Waals surface area contributed by atoms with Crippen LogP contribution < -0.4 is 14.8 Å². The van der Waals surface area contributed by atoms with Crippen molar-refractivity contribution in [3.8, 4) is 45.4 Å². The Balaban J connectivity index is 1.26. The molecular weight excluding hydrogens is 509 g/mol. The van der Waals surface area contributed by atoms with Crippen LogP contribution in [0.1, 0.15) is 12.8 Å². The van der Waals surface area contributed by atoms with Gasteiger partial charge in [0.1, 0.15) is 34.6 Å². The third kappa shape index (κ3) is 4.52. The third-order valence-corrected chi connectivity index (χ3v) is 7.20. The summed E-state index contributed by atoms with van der Waals surface area (Å²) >= 11 is 0. The number of halogens is 1. The molecule has 9 nitrogen and oxygen atoms in total. The molecule has 5 heterocycles. The highest BCUT2D eigenvalue weighted by molar-refractivity contribution is 5.97. The van der Waals surface area contributed by atoms with Crippen LogP contribution in [0.2, 0.25) is 0 Å². The number of H-pyrrole nitrogens is 2. The monoisotopic (exact) mass is 535 g/mol. The molecule has 10 heteroatoms. The van der Waals surface area contributed by atoms with Gasteiger partial charge in [-0.3, -0.25) is 15.1 Å². The minimum atomic E-state index is -0.408. The molecule has 0 atom stereocenters. The highest BCUT2D eigenvalue weighted by Gasteiger charge is 2.18. The lowest BCUT2D eigenvalue weighted by molar-refractivity contribution is 0.162. The fraction of sp³-hybridized carbons (Fsp3) is 0.200. The maximum absolute atomic E-state index is 14.3. The second-order valence-electron chi connectivity index (χ2n) is 9.83. The van der Waals surface area contributed by atoms with Gasteiger partial charge in [0, 0.05) is 35.0 Å². The van der Waals surface area contributed by atoms with Crippen molar-refractivity contribution in [3.05, 3.63) is 72.9 Å². The molecule has 200 valence electrons. The van der Waals surface area contributed by atoms with E-state index in [1.165, 1.54) is 19.2 Å². The Morgan fingerprint density at radius 3 is 2.62 bits per heavy atom. The lowest BCUT2D eigenvalue weighted by Gasteiger charge is -2.23. The van der Waals surface area contributed by atoms with Crippen LogP contribution in [0.15, 0.2) is 67.1 Å². The number of pyridine rings is 2. The highest BCUT2D eigenvalue weighted by atomic mass is 19.1. The third-order valence-electron chi connectivity index (χ3n) is 7.20. The van der Waals surface area contributed by atoms with Crippen molar-refractivity contribution in [2.75, 3.05) is 20.2 Å². The van der Waals surface area contributed by atoms with Crippen LogP contribution in [0, 0.1) is 5.82 Å². The molecule has 0 bridgehead atoms. The van der Waals surface area contributed by atoms with E-state index in [1.807, 2.05) is 30.5 Å². The van der Waals surface area contributed by atoms with Gasteiger partial charge in [0.15, 0.2) is 5.82 Å². The van der Waals surface area contributed by atoms with Crippen LogP contribution >= 0.6 is 0 Å². The second kappa shape index (κ2) is 10.0. The van der Waals surface area contributed by atoms with Gasteiger partial charge in [0.05, 0.1) is 30.0 Å². The Morgan fingerprint density at radius 2 is 1.75 bits per heavy atom. The van der Waals surface area contributed by atoms with Crippen LogP contribution in [0.3, 0.4) is 0 Å². The molecule has 40 heavy (non-hydrogen) atoms. The number of piperidine rings is 1. The van der Waals surface area contributed by atoms with E-state index >= 15 is 0 Å². The first-order valence-electron chi connectivity index (χ1n) is 13.2. The zero-order chi connectivity index (χ0) is 27.1. The Labute approximate surface area is 228 Å². The van der Waals surface area contributed by atoms with E-state index in [9.17, 15) is 4.39 Å². The fourth-order valence-corrected chi connectivity index (χ4v) is 5.20. The van der Waals surface area contributed by atoms with E-state index in [-0.39, 0.29) is 6.10 Å². The molecule has 1 fully saturated rings. The van der Waals surface area contributed by atoms with Gasteiger partial charge in [-0.1, -0.05) is 6.07 Å². The molecule has 0 unspecified atom stereocenters. The number of nitrogens with one attached hydrogen (secondary N) is 3. The molecule has 7 rings (SSSR count). The molecule has 1 saturated heterocycles. The van der Waals surface area contributed by atoms with E-state index in [0.29, 0.717) is 34.0 Å². The van der Waals surface area contributed by atoms with Gasteiger partial charge in [0.25, 0.3) is 0 Å². The Bertz CT molecular complexity index is 1840. The number of fused-ring (bicyclic) bond motifs is 2. The van der Waals surface area contributed by atoms with Crippen molar-refractivity contribution in [2.24, 2.45) is 0 Å². The van der Waals surface area contributed by atoms with Gasteiger partial charge >= 0.3 is 0 Å². The standard InChI is InChI=1S/C30H26FN7O2/c1-39-22-11-18(10-20(31)14-22)27-29-26(6-9-34-27)35-30(36-29)28-24-13-17(2-3-25(24)37-38-28)19-12-23(16-33-15-19)40-21-4-7-32-8-5-21/h2-3,6,9-16,21,32H,4-5,7-8H2,1H3,(H,35,36)(H,37,38). The van der Waals surface area contributed by atoms with Gasteiger partial charge in [-0.2, -0.15) is 5.10 Å². The van der Waals surface area contributed by atoms with Crippen LogP contribution in [-0.2, 0) is 0 Å². The summed E-state index contributed by atoms with van der Waals surface area (Å²) < 4.78 is 25.7. The lowest BCUT2D eigenvalue weighted by atomic mass is 10.0. The number of benzene rings is 2. The van der Waals surface area contributed by atoms with E-state index in [1.54, 1.807) is 18.5 Å². The summed E-state index contributed by atoms with van der Waals surface area (Å²) in [6, 6.07) is 14.5. The fourth-order valence-electron chi connectivity index (χ4n) is 5.20. The second-order valence-corrected chi connectivity index (χ2v) is 9.83. The summed E-state index contributed by atoms with van der Waals surface area (Å²) in [6.45, 7) is 1.93. The smallest absolute Gasteiger partial charge is 0.159 e. The average molecular weight is 536 g/mol. The first kappa shape index (κ1) is 24.2. The maximum atomic E-state index is 14.3. The first-order chi connectivity index (χ1) is 19.6. The molecule has 0 radical (unpaired) electrons. The molecule has 4 aromatic heterocycles. The van der Waals surface area contributed by atoms with Crippen molar-refractivity contribution in [1.29, 1.82) is 0 Å². The molecule has 1 aliphatic rings. The summed E-state index contributed by atoms with van der Waals surface area (Å²) in [5.41, 5.74) is 6.00. The maximum Gasteiger partial charge on any atom is 0.159 e. The molecular formula is C30H26FN7O2. The molecule has 3 N–H and O–H groups in total. The van der Waals surface area contributed by atoms with Gasteiger partial charge < -0.3 is 19.8 Å². The van der Waals surface area contributed by atoms with Crippen molar-refractivity contribution >= 4 is 21.9 Å². The summed E-state index contributed by atoms with van der Waals surface area (Å²) in [5.74, 6) is 1.35. The van der Waals surface area contributed by atoms with Gasteiger partial charge in [-0.05, 0) is 67.9 Å². The number of hydrogen-bond acceptors (Lipinski definition) is 7. The normalized spacial score (nSPS) is 14.2. The zero-order valence-electron chi connectivity index (χ0n) is 21.7. The van der Waals surface area contributed by atoms with Crippen molar-refractivity contribution in [2.45, 2.75) is 18.9 Å². The predicted molar refractivity (Wildman–Crippen MR) is 151 cm³/mol. The Hall–Kier alpha value is -4.83. The topological polar surface area (TPSA) is 114 Å². The summed E-state index contributed by atoms with van der Waals surface area (Å²) in [5, 5.41) is 11.9. The zero-order valence-corrected chi connectivity index (χ0v) is 21.7. The molecule has 0 spiro atoms. The quantitative estimate of drug-likeness (QED) is 0.258. The van der Waals surface area contributed by atoms with Crippen molar-refractivity contribution in [3.63, 3.8) is 0 Å². The van der Waals surface area contributed by atoms with Crippen LogP contribution in [0.5, 0.6) is 11.5 Å². The van der Waals surface area contributed by atoms with Crippen LogP contribution in [0.4, 0.5) is 4.39 Å². The molecule has 2 aromatic carbocycles. The van der Waals surface area contributed by atoms with E-state index in [2.05, 4.69) is 36.5 Å². The Morgan fingerprint density at radius 1 is 0.875 bits per heavy atom. The molecule has 1 aliphatic heterocycles. The van der Waals surface area contributed by atoms with Crippen molar-refractivity contribution in [1.82, 2.24) is 35.5 Å². The minimum Gasteiger partial charge on any atom is -0.497 e. The minimum absolute atomic E-state index is 0.196. The molecule has 0 saturated carbocycles. The molecule has 0 amide bonds. The molecule has 6 aromatic rings. The number of hydrogen-bond donors (Lipinski definition) is 3. The van der Waals surface area contributed by atoms with E-state index in [0.717, 1.165) is 59.2 Å². The number of ether oxygens (including phenoxy) is 2. The predicted octanol–water partition coefficient (Wildman–Crippen LogP) is 5.51. The summed E-state index contributed by atoms with van der Waals surface area (Å²) in [6.07, 6.45) is 7.43. The number of nitrogens with zero attached hydrogens (tertiary/aromatic N) is 4. The number of aromatic amines is 2. The van der Waals surface area contributed by atoms with Crippen LogP contribution in [0.25, 0.3) is 55.8 Å². The summed E-state index contributed by atoms with van der Waals surface area (Å²) in [4.78, 5) is 17.1. The number of methoxy groups -OCH3 is 1. The van der Waals surface area contributed by atoms with Gasteiger partial charge in [-0.15, -0.1) is 0 Å². The Kier molecular flexibility index (Phi) is 6.09.